The van der Waals surface area contributed by atoms with Crippen molar-refractivity contribution in [2.45, 2.75) is 6.54 Å². The van der Waals surface area contributed by atoms with Crippen LogP contribution in [0.3, 0.4) is 0 Å². The van der Waals surface area contributed by atoms with E-state index in [4.69, 9.17) is 11.1 Å². The molecule has 1 amide bonds. The molecular formula is C9H11N3O. The summed E-state index contributed by atoms with van der Waals surface area (Å²) in [6.07, 6.45) is 0.622. The highest BCUT2D eigenvalue weighted by atomic mass is 16.1. The van der Waals surface area contributed by atoms with E-state index in [0.29, 0.717) is 18.5 Å². The second kappa shape index (κ2) is 4.25. The molecule has 0 heterocycles. The lowest BCUT2D eigenvalue weighted by Crippen LogP contribution is -2.17. The molecule has 68 valence electrons. The first kappa shape index (κ1) is 9.25. The maximum absolute atomic E-state index is 10.1. The van der Waals surface area contributed by atoms with Crippen molar-refractivity contribution in [2.75, 3.05) is 0 Å². The SMILES string of the molecule is N=C(N)c1ccccc1CNC=O. The highest BCUT2D eigenvalue weighted by Gasteiger charge is 2.02. The van der Waals surface area contributed by atoms with Crippen molar-refractivity contribution in [3.63, 3.8) is 0 Å². The second-order valence-electron chi connectivity index (χ2n) is 2.57. The molecule has 0 aliphatic heterocycles. The third-order valence-corrected chi connectivity index (χ3v) is 1.68. The number of nitrogen functional groups attached to an aromatic ring is 1. The third kappa shape index (κ3) is 2.30. The fourth-order valence-corrected chi connectivity index (χ4v) is 1.09. The number of amidine groups is 1. The Morgan fingerprint density at radius 1 is 1.54 bits per heavy atom. The second-order valence-corrected chi connectivity index (χ2v) is 2.57. The molecule has 0 atom stereocenters. The van der Waals surface area contributed by atoms with E-state index in [2.05, 4.69) is 5.32 Å². The van der Waals surface area contributed by atoms with E-state index in [0.717, 1.165) is 5.56 Å². The van der Waals surface area contributed by atoms with Crippen molar-refractivity contribution < 1.29 is 4.79 Å². The van der Waals surface area contributed by atoms with Crippen molar-refractivity contribution in [2.24, 2.45) is 5.73 Å². The van der Waals surface area contributed by atoms with E-state index >= 15 is 0 Å². The number of amides is 1. The van der Waals surface area contributed by atoms with Crippen molar-refractivity contribution >= 4 is 12.2 Å². The summed E-state index contributed by atoms with van der Waals surface area (Å²) in [5, 5.41) is 9.80. The molecule has 0 unspecified atom stereocenters. The van der Waals surface area contributed by atoms with Gasteiger partial charge in [0.05, 0.1) is 0 Å². The van der Waals surface area contributed by atoms with Gasteiger partial charge in [-0.1, -0.05) is 24.3 Å². The summed E-state index contributed by atoms with van der Waals surface area (Å²) >= 11 is 0. The molecule has 13 heavy (non-hydrogen) atoms. The number of rotatable bonds is 4. The van der Waals surface area contributed by atoms with Gasteiger partial charge in [-0.25, -0.2) is 0 Å². The fourth-order valence-electron chi connectivity index (χ4n) is 1.09. The highest BCUT2D eigenvalue weighted by molar-refractivity contribution is 5.96. The number of nitrogens with one attached hydrogen (secondary N) is 2. The largest absolute Gasteiger partial charge is 0.384 e. The molecule has 0 bridgehead atoms. The van der Waals surface area contributed by atoms with Gasteiger partial charge in [0.1, 0.15) is 5.84 Å². The summed E-state index contributed by atoms with van der Waals surface area (Å²) in [6, 6.07) is 7.23. The number of benzene rings is 1. The van der Waals surface area contributed by atoms with Crippen LogP contribution in [0.1, 0.15) is 11.1 Å². The van der Waals surface area contributed by atoms with E-state index in [-0.39, 0.29) is 5.84 Å². The number of hydrogen-bond donors (Lipinski definition) is 3. The summed E-state index contributed by atoms with van der Waals surface area (Å²) in [4.78, 5) is 10.1. The predicted octanol–water partition coefficient (Wildman–Crippen LogP) is 0.217. The molecule has 0 aromatic heterocycles. The quantitative estimate of drug-likeness (QED) is 0.349. The lowest BCUT2D eigenvalue weighted by Gasteiger charge is -2.06. The van der Waals surface area contributed by atoms with Gasteiger partial charge in [-0.2, -0.15) is 0 Å². The first-order valence-electron chi connectivity index (χ1n) is 3.85. The Labute approximate surface area is 76.3 Å². The lowest BCUT2D eigenvalue weighted by atomic mass is 10.1. The summed E-state index contributed by atoms with van der Waals surface area (Å²) in [7, 11) is 0. The summed E-state index contributed by atoms with van der Waals surface area (Å²) < 4.78 is 0. The Kier molecular flexibility index (Phi) is 3.03. The number of carbonyl (C=O) groups excluding carboxylic acids is 1. The highest BCUT2D eigenvalue weighted by Crippen LogP contribution is 2.06. The summed E-state index contributed by atoms with van der Waals surface area (Å²) in [5.41, 5.74) is 6.87. The molecule has 4 N–H and O–H groups in total. The van der Waals surface area contributed by atoms with Crippen LogP contribution in [0.5, 0.6) is 0 Å². The number of carbonyl (C=O) groups is 1. The van der Waals surface area contributed by atoms with Gasteiger partial charge in [0.25, 0.3) is 0 Å². The van der Waals surface area contributed by atoms with E-state index in [1.54, 1.807) is 12.1 Å². The van der Waals surface area contributed by atoms with Crippen molar-refractivity contribution in [3.8, 4) is 0 Å². The van der Waals surface area contributed by atoms with Crippen LogP contribution in [0.25, 0.3) is 0 Å². The van der Waals surface area contributed by atoms with Gasteiger partial charge in [-0.15, -0.1) is 0 Å². The lowest BCUT2D eigenvalue weighted by molar-refractivity contribution is -0.109. The van der Waals surface area contributed by atoms with Crippen molar-refractivity contribution in [1.82, 2.24) is 5.32 Å². The molecule has 1 rings (SSSR count). The standard InChI is InChI=1S/C9H11N3O/c10-9(11)8-4-2-1-3-7(8)5-12-6-13/h1-4,6H,5H2,(H3,10,11)(H,12,13). The molecule has 0 saturated heterocycles. The molecule has 1 aromatic rings. The predicted molar refractivity (Wildman–Crippen MR) is 50.4 cm³/mol. The minimum atomic E-state index is 0.0169. The van der Waals surface area contributed by atoms with Crippen LogP contribution in [-0.4, -0.2) is 12.2 Å². The maximum atomic E-state index is 10.1. The van der Waals surface area contributed by atoms with Gasteiger partial charge >= 0.3 is 0 Å². The average molecular weight is 177 g/mol. The van der Waals surface area contributed by atoms with Gasteiger partial charge in [0.15, 0.2) is 0 Å². The van der Waals surface area contributed by atoms with E-state index in [1.165, 1.54) is 0 Å². The van der Waals surface area contributed by atoms with Gasteiger partial charge in [0, 0.05) is 12.1 Å². The zero-order valence-electron chi connectivity index (χ0n) is 7.08. The first-order valence-corrected chi connectivity index (χ1v) is 3.85. The van der Waals surface area contributed by atoms with Crippen molar-refractivity contribution in [1.29, 1.82) is 5.41 Å². The minimum Gasteiger partial charge on any atom is -0.384 e. The van der Waals surface area contributed by atoms with Crippen molar-refractivity contribution in [3.05, 3.63) is 35.4 Å². The smallest absolute Gasteiger partial charge is 0.207 e. The first-order chi connectivity index (χ1) is 6.25. The molecule has 1 aromatic carbocycles. The molecule has 0 aliphatic rings. The molecule has 0 spiro atoms. The number of nitrogens with two attached hydrogens (primary N) is 1. The molecular weight excluding hydrogens is 166 g/mol. The van der Waals surface area contributed by atoms with Gasteiger partial charge < -0.3 is 11.1 Å². The Morgan fingerprint density at radius 2 is 2.23 bits per heavy atom. The molecule has 0 fully saturated rings. The third-order valence-electron chi connectivity index (χ3n) is 1.68. The average Bonchev–Trinajstić information content (AvgIpc) is 2.15. The zero-order valence-corrected chi connectivity index (χ0v) is 7.08. The van der Waals surface area contributed by atoms with Crippen LogP contribution in [-0.2, 0) is 11.3 Å². The molecule has 0 aliphatic carbocycles. The maximum Gasteiger partial charge on any atom is 0.207 e. The van der Waals surface area contributed by atoms with Crippen LogP contribution in [0.15, 0.2) is 24.3 Å². The van der Waals surface area contributed by atoms with E-state index in [1.807, 2.05) is 12.1 Å². The Bertz CT molecular complexity index is 322. The molecule has 0 saturated carbocycles. The number of hydrogen-bond acceptors (Lipinski definition) is 2. The zero-order chi connectivity index (χ0) is 9.68. The fraction of sp³-hybridized carbons (Fsp3) is 0.111. The van der Waals surface area contributed by atoms with Gasteiger partial charge in [-0.3, -0.25) is 10.2 Å². The van der Waals surface area contributed by atoms with Crippen LogP contribution >= 0.6 is 0 Å². The Morgan fingerprint density at radius 3 is 2.85 bits per heavy atom. The van der Waals surface area contributed by atoms with Crippen LogP contribution in [0, 0.1) is 5.41 Å². The summed E-state index contributed by atoms with van der Waals surface area (Å²) in [5.74, 6) is 0.0169. The van der Waals surface area contributed by atoms with Gasteiger partial charge in [-0.05, 0) is 5.56 Å². The molecule has 4 heteroatoms. The van der Waals surface area contributed by atoms with Crippen LogP contribution in [0.2, 0.25) is 0 Å². The Balaban J connectivity index is 2.90. The van der Waals surface area contributed by atoms with E-state index in [9.17, 15) is 4.79 Å². The monoisotopic (exact) mass is 177 g/mol. The normalized spacial score (nSPS) is 9.23. The Hall–Kier alpha value is -1.84. The van der Waals surface area contributed by atoms with Crippen LogP contribution < -0.4 is 11.1 Å². The molecule has 0 radical (unpaired) electrons. The topological polar surface area (TPSA) is 79.0 Å². The molecule has 4 nitrogen and oxygen atoms in total. The minimum absolute atomic E-state index is 0.0169. The van der Waals surface area contributed by atoms with Crippen LogP contribution in [0.4, 0.5) is 0 Å². The summed E-state index contributed by atoms with van der Waals surface area (Å²) in [6.45, 7) is 0.402. The van der Waals surface area contributed by atoms with E-state index < -0.39 is 0 Å². The van der Waals surface area contributed by atoms with Gasteiger partial charge in [0.2, 0.25) is 6.41 Å².